The van der Waals surface area contributed by atoms with Crippen molar-refractivity contribution in [2.75, 3.05) is 0 Å². The van der Waals surface area contributed by atoms with Crippen LogP contribution in [0.4, 0.5) is 0 Å². The number of hydrogen-bond acceptors (Lipinski definition) is 3. The summed E-state index contributed by atoms with van der Waals surface area (Å²) >= 11 is 3.33. The Kier molecular flexibility index (Phi) is 2.41. The first-order valence-electron chi connectivity index (χ1n) is 3.93. The third kappa shape index (κ3) is 1.58. The minimum Gasteiger partial charge on any atom is -0.296 e. The summed E-state index contributed by atoms with van der Waals surface area (Å²) < 4.78 is 2.47. The van der Waals surface area contributed by atoms with E-state index in [9.17, 15) is 4.79 Å². The molecule has 0 aliphatic rings. The van der Waals surface area contributed by atoms with Crippen LogP contribution in [0.1, 0.15) is 10.5 Å². The molecule has 1 aromatic heterocycles. The van der Waals surface area contributed by atoms with Gasteiger partial charge >= 0.3 is 0 Å². The van der Waals surface area contributed by atoms with Gasteiger partial charge in [0.1, 0.15) is 5.69 Å². The molecule has 0 unspecified atom stereocenters. The maximum atomic E-state index is 10.6. The lowest BCUT2D eigenvalue weighted by Gasteiger charge is -2.01. The Balaban J connectivity index is 2.49. The lowest BCUT2D eigenvalue weighted by Crippen LogP contribution is -2.00. The van der Waals surface area contributed by atoms with Gasteiger partial charge in [0.05, 0.1) is 11.9 Å². The molecule has 70 valence electrons. The van der Waals surface area contributed by atoms with Gasteiger partial charge in [0.2, 0.25) is 0 Å². The van der Waals surface area contributed by atoms with E-state index in [-0.39, 0.29) is 0 Å². The predicted octanol–water partition coefficient (Wildman–Crippen LogP) is 1.84. The minimum absolute atomic E-state index is 0.437. The molecular formula is C9H6BrN3O. The molecule has 4 nitrogen and oxygen atoms in total. The van der Waals surface area contributed by atoms with E-state index in [1.54, 1.807) is 0 Å². The van der Waals surface area contributed by atoms with Crippen LogP contribution in [0.15, 0.2) is 34.9 Å². The number of nitrogens with zero attached hydrogens (tertiary/aromatic N) is 3. The molecule has 0 radical (unpaired) electrons. The molecule has 0 amide bonds. The Bertz CT molecular complexity index is 449. The highest BCUT2D eigenvalue weighted by atomic mass is 79.9. The van der Waals surface area contributed by atoms with E-state index in [4.69, 9.17) is 0 Å². The van der Waals surface area contributed by atoms with Gasteiger partial charge < -0.3 is 0 Å². The maximum Gasteiger partial charge on any atom is 0.170 e. The summed E-state index contributed by atoms with van der Waals surface area (Å²) in [6.45, 7) is 0. The SMILES string of the molecule is O=Cc1cnnn1-c1ccc(Br)cc1. The van der Waals surface area contributed by atoms with Crippen molar-refractivity contribution in [3.05, 3.63) is 40.6 Å². The predicted molar refractivity (Wildman–Crippen MR) is 54.4 cm³/mol. The Labute approximate surface area is 88.7 Å². The second-order valence-electron chi connectivity index (χ2n) is 2.66. The van der Waals surface area contributed by atoms with Crippen LogP contribution in [0.2, 0.25) is 0 Å². The van der Waals surface area contributed by atoms with Crippen molar-refractivity contribution in [3.8, 4) is 5.69 Å². The zero-order chi connectivity index (χ0) is 9.97. The van der Waals surface area contributed by atoms with E-state index >= 15 is 0 Å². The topological polar surface area (TPSA) is 47.8 Å². The number of halogens is 1. The summed E-state index contributed by atoms with van der Waals surface area (Å²) in [5.74, 6) is 0. The van der Waals surface area contributed by atoms with Gasteiger partial charge in [-0.1, -0.05) is 21.1 Å². The molecule has 1 aromatic carbocycles. The Hall–Kier alpha value is -1.49. The van der Waals surface area contributed by atoms with E-state index in [1.165, 1.54) is 10.9 Å². The fourth-order valence-corrected chi connectivity index (χ4v) is 1.37. The quantitative estimate of drug-likeness (QED) is 0.766. The maximum absolute atomic E-state index is 10.6. The second-order valence-corrected chi connectivity index (χ2v) is 3.58. The van der Waals surface area contributed by atoms with E-state index < -0.39 is 0 Å². The number of hydrogen-bond donors (Lipinski definition) is 0. The summed E-state index contributed by atoms with van der Waals surface area (Å²) in [6, 6.07) is 7.47. The summed E-state index contributed by atoms with van der Waals surface area (Å²) in [6.07, 6.45) is 2.15. The van der Waals surface area contributed by atoms with Crippen LogP contribution >= 0.6 is 15.9 Å². The largest absolute Gasteiger partial charge is 0.296 e. The molecule has 0 N–H and O–H groups in total. The van der Waals surface area contributed by atoms with E-state index in [0.29, 0.717) is 5.69 Å². The van der Waals surface area contributed by atoms with E-state index in [0.717, 1.165) is 16.4 Å². The first-order chi connectivity index (χ1) is 6.81. The smallest absolute Gasteiger partial charge is 0.170 e. The summed E-state index contributed by atoms with van der Waals surface area (Å²) in [5, 5.41) is 7.47. The van der Waals surface area contributed by atoms with Gasteiger partial charge in [0.25, 0.3) is 0 Å². The molecule has 0 atom stereocenters. The van der Waals surface area contributed by atoms with Crippen LogP contribution in [0.25, 0.3) is 5.69 Å². The van der Waals surface area contributed by atoms with Crippen LogP contribution in [0.5, 0.6) is 0 Å². The molecule has 0 spiro atoms. The van der Waals surface area contributed by atoms with Crippen LogP contribution < -0.4 is 0 Å². The molecular weight excluding hydrogens is 246 g/mol. The van der Waals surface area contributed by atoms with E-state index in [2.05, 4.69) is 26.2 Å². The fraction of sp³-hybridized carbons (Fsp3) is 0. The van der Waals surface area contributed by atoms with Crippen LogP contribution in [0, 0.1) is 0 Å². The monoisotopic (exact) mass is 251 g/mol. The first-order valence-corrected chi connectivity index (χ1v) is 4.72. The van der Waals surface area contributed by atoms with Crippen molar-refractivity contribution < 1.29 is 4.79 Å². The minimum atomic E-state index is 0.437. The molecule has 0 saturated carbocycles. The van der Waals surface area contributed by atoms with Gasteiger partial charge in [-0.05, 0) is 24.3 Å². The third-order valence-electron chi connectivity index (χ3n) is 1.77. The van der Waals surface area contributed by atoms with E-state index in [1.807, 2.05) is 24.3 Å². The standard InChI is InChI=1S/C9H6BrN3O/c10-7-1-3-8(4-2-7)13-9(6-14)5-11-12-13/h1-6H. The molecule has 2 aromatic rings. The lowest BCUT2D eigenvalue weighted by molar-refractivity contribution is 0.111. The number of aromatic nitrogens is 3. The Morgan fingerprint density at radius 3 is 2.64 bits per heavy atom. The van der Waals surface area contributed by atoms with Crippen molar-refractivity contribution in [2.45, 2.75) is 0 Å². The number of benzene rings is 1. The van der Waals surface area contributed by atoms with Crippen molar-refractivity contribution in [1.29, 1.82) is 0 Å². The van der Waals surface area contributed by atoms with Gasteiger partial charge in [-0.3, -0.25) is 4.79 Å². The molecule has 0 saturated heterocycles. The molecule has 0 aliphatic carbocycles. The number of rotatable bonds is 2. The zero-order valence-electron chi connectivity index (χ0n) is 7.09. The molecule has 0 aliphatic heterocycles. The van der Waals surface area contributed by atoms with Crippen molar-refractivity contribution in [3.63, 3.8) is 0 Å². The molecule has 5 heteroatoms. The molecule has 1 heterocycles. The number of carbonyl (C=O) groups excluding carboxylic acids is 1. The van der Waals surface area contributed by atoms with Gasteiger partial charge in [0, 0.05) is 4.47 Å². The third-order valence-corrected chi connectivity index (χ3v) is 2.30. The highest BCUT2D eigenvalue weighted by Gasteiger charge is 2.03. The average Bonchev–Trinajstić information content (AvgIpc) is 2.67. The van der Waals surface area contributed by atoms with Gasteiger partial charge in [-0.2, -0.15) is 0 Å². The summed E-state index contributed by atoms with van der Waals surface area (Å²) in [5.41, 5.74) is 1.25. The van der Waals surface area contributed by atoms with Crippen molar-refractivity contribution >= 4 is 22.2 Å². The Morgan fingerprint density at radius 2 is 2.00 bits per heavy atom. The number of carbonyl (C=O) groups is 1. The second kappa shape index (κ2) is 3.71. The summed E-state index contributed by atoms with van der Waals surface area (Å²) in [4.78, 5) is 10.6. The normalized spacial score (nSPS) is 10.1. The van der Waals surface area contributed by atoms with Crippen molar-refractivity contribution in [1.82, 2.24) is 15.0 Å². The summed E-state index contributed by atoms with van der Waals surface area (Å²) in [7, 11) is 0. The molecule has 2 rings (SSSR count). The van der Waals surface area contributed by atoms with Crippen LogP contribution in [0.3, 0.4) is 0 Å². The highest BCUT2D eigenvalue weighted by molar-refractivity contribution is 9.10. The van der Waals surface area contributed by atoms with Crippen molar-refractivity contribution in [2.24, 2.45) is 0 Å². The average molecular weight is 252 g/mol. The van der Waals surface area contributed by atoms with Crippen LogP contribution in [-0.4, -0.2) is 21.3 Å². The van der Waals surface area contributed by atoms with Gasteiger partial charge in [0.15, 0.2) is 6.29 Å². The molecule has 14 heavy (non-hydrogen) atoms. The lowest BCUT2D eigenvalue weighted by atomic mass is 10.3. The first kappa shape index (κ1) is 9.08. The van der Waals surface area contributed by atoms with Crippen LogP contribution in [-0.2, 0) is 0 Å². The number of aldehydes is 1. The fourth-order valence-electron chi connectivity index (χ4n) is 1.11. The molecule has 0 fully saturated rings. The molecule has 0 bridgehead atoms. The van der Waals surface area contributed by atoms with Gasteiger partial charge in [-0.15, -0.1) is 5.10 Å². The highest BCUT2D eigenvalue weighted by Crippen LogP contribution is 2.13. The van der Waals surface area contributed by atoms with Gasteiger partial charge in [-0.25, -0.2) is 4.68 Å². The zero-order valence-corrected chi connectivity index (χ0v) is 8.68. The Morgan fingerprint density at radius 1 is 1.29 bits per heavy atom.